The first-order valence-corrected chi connectivity index (χ1v) is 4.79. The largest absolute Gasteiger partial charge is 0.294 e. The van der Waals surface area contributed by atoms with Crippen molar-refractivity contribution in [2.75, 3.05) is 0 Å². The van der Waals surface area contributed by atoms with Crippen LogP contribution in [0.15, 0.2) is 12.1 Å². The van der Waals surface area contributed by atoms with Gasteiger partial charge in [-0.3, -0.25) is 4.79 Å². The maximum Gasteiger partial charge on any atom is 0.164 e. The molecule has 2 heteroatoms. The van der Waals surface area contributed by atoms with Crippen LogP contribution < -0.4 is 0 Å². The number of fused-ring (bicyclic) bond motifs is 1. The van der Waals surface area contributed by atoms with Gasteiger partial charge >= 0.3 is 0 Å². The first kappa shape index (κ1) is 8.96. The van der Waals surface area contributed by atoms with Crippen LogP contribution in [0.2, 0.25) is 0 Å². The van der Waals surface area contributed by atoms with Gasteiger partial charge in [0.25, 0.3) is 0 Å². The Morgan fingerprint density at radius 3 is 2.86 bits per heavy atom. The molecule has 0 fully saturated rings. The number of benzene rings is 1. The lowest BCUT2D eigenvalue weighted by molar-refractivity contribution is 0.0972. The summed E-state index contributed by atoms with van der Waals surface area (Å²) in [7, 11) is 0. The smallest absolute Gasteiger partial charge is 0.164 e. The zero-order chi connectivity index (χ0) is 10.1. The summed E-state index contributed by atoms with van der Waals surface area (Å²) in [6.45, 7) is 1.96. The van der Waals surface area contributed by atoms with Crippen molar-refractivity contribution >= 4 is 5.78 Å². The van der Waals surface area contributed by atoms with Crippen molar-refractivity contribution < 1.29 is 4.79 Å². The summed E-state index contributed by atoms with van der Waals surface area (Å²) >= 11 is 0. The Morgan fingerprint density at radius 2 is 2.14 bits per heavy atom. The summed E-state index contributed by atoms with van der Waals surface area (Å²) in [5.74, 6) is 0.128. The molecule has 0 spiro atoms. The fourth-order valence-corrected chi connectivity index (χ4v) is 2.04. The molecule has 1 aromatic carbocycles. The molecule has 14 heavy (non-hydrogen) atoms. The van der Waals surface area contributed by atoms with Gasteiger partial charge in [0.1, 0.15) is 0 Å². The van der Waals surface area contributed by atoms with E-state index in [9.17, 15) is 4.79 Å². The van der Waals surface area contributed by atoms with Crippen LogP contribution in [-0.4, -0.2) is 5.78 Å². The molecule has 0 aliphatic heterocycles. The van der Waals surface area contributed by atoms with Crippen molar-refractivity contribution in [1.82, 2.24) is 0 Å². The third-order valence-corrected chi connectivity index (χ3v) is 2.61. The van der Waals surface area contributed by atoms with Crippen LogP contribution in [0, 0.1) is 18.3 Å². The van der Waals surface area contributed by atoms with E-state index in [4.69, 9.17) is 5.26 Å². The molecular weight excluding hydrogens is 174 g/mol. The Labute approximate surface area is 83.2 Å². The Hall–Kier alpha value is -1.62. The number of carbonyl (C=O) groups excluding carboxylic acids is 1. The van der Waals surface area contributed by atoms with Crippen molar-refractivity contribution in [2.24, 2.45) is 0 Å². The molecular formula is C12H11NO. The molecule has 0 heterocycles. The number of hydrogen-bond acceptors (Lipinski definition) is 2. The van der Waals surface area contributed by atoms with E-state index < -0.39 is 0 Å². The number of nitrogens with zero attached hydrogens (tertiary/aromatic N) is 1. The Balaban J connectivity index is 2.69. The Morgan fingerprint density at radius 1 is 1.36 bits per heavy atom. The van der Waals surface area contributed by atoms with Gasteiger partial charge in [-0.1, -0.05) is 6.07 Å². The molecule has 0 bridgehead atoms. The van der Waals surface area contributed by atoms with Gasteiger partial charge in [-0.2, -0.15) is 5.26 Å². The fraction of sp³-hybridized carbons (Fsp3) is 0.333. The lowest BCUT2D eigenvalue weighted by atomic mass is 9.86. The molecule has 0 saturated heterocycles. The quantitative estimate of drug-likeness (QED) is 0.622. The van der Waals surface area contributed by atoms with Gasteiger partial charge in [0.2, 0.25) is 0 Å². The van der Waals surface area contributed by atoms with E-state index in [-0.39, 0.29) is 5.78 Å². The predicted molar refractivity (Wildman–Crippen MR) is 53.2 cm³/mol. The van der Waals surface area contributed by atoms with E-state index in [0.29, 0.717) is 17.5 Å². The van der Waals surface area contributed by atoms with E-state index in [1.807, 2.05) is 13.0 Å². The minimum Gasteiger partial charge on any atom is -0.294 e. The molecule has 0 radical (unpaired) electrons. The molecule has 0 amide bonds. The second kappa shape index (κ2) is 3.26. The molecule has 0 aromatic heterocycles. The average molecular weight is 185 g/mol. The zero-order valence-corrected chi connectivity index (χ0v) is 8.13. The van der Waals surface area contributed by atoms with Crippen LogP contribution in [0.4, 0.5) is 0 Å². The van der Waals surface area contributed by atoms with Crippen molar-refractivity contribution in [1.29, 1.82) is 5.26 Å². The minimum absolute atomic E-state index is 0.128. The fourth-order valence-electron chi connectivity index (χ4n) is 2.04. The lowest BCUT2D eigenvalue weighted by Gasteiger charge is -2.16. The summed E-state index contributed by atoms with van der Waals surface area (Å²) in [5, 5.41) is 8.93. The van der Waals surface area contributed by atoms with E-state index >= 15 is 0 Å². The summed E-state index contributed by atoms with van der Waals surface area (Å²) in [6.07, 6.45) is 2.43. The van der Waals surface area contributed by atoms with Gasteiger partial charge in [-0.25, -0.2) is 0 Å². The summed E-state index contributed by atoms with van der Waals surface area (Å²) < 4.78 is 0. The van der Waals surface area contributed by atoms with Gasteiger partial charge in [-0.05, 0) is 37.0 Å². The van der Waals surface area contributed by atoms with Crippen molar-refractivity contribution in [3.05, 3.63) is 34.4 Å². The van der Waals surface area contributed by atoms with Crippen LogP contribution in [0.25, 0.3) is 0 Å². The molecule has 2 nitrogen and oxygen atoms in total. The highest BCUT2D eigenvalue weighted by atomic mass is 16.1. The number of nitriles is 1. The number of ketones is 1. The number of hydrogen-bond donors (Lipinski definition) is 0. The van der Waals surface area contributed by atoms with Crippen molar-refractivity contribution in [2.45, 2.75) is 26.2 Å². The first-order valence-electron chi connectivity index (χ1n) is 4.79. The second-order valence-electron chi connectivity index (χ2n) is 3.74. The third-order valence-electron chi connectivity index (χ3n) is 2.61. The molecule has 1 aliphatic rings. The number of Topliss-reactive ketones (excluding diaryl/α,β-unsaturated/α-hetero) is 1. The number of rotatable bonds is 0. The van der Waals surface area contributed by atoms with E-state index in [1.54, 1.807) is 6.07 Å². The van der Waals surface area contributed by atoms with Crippen LogP contribution in [0.1, 0.15) is 39.9 Å². The Bertz CT molecular complexity index is 440. The molecule has 0 saturated carbocycles. The monoisotopic (exact) mass is 185 g/mol. The predicted octanol–water partition coefficient (Wildman–Crippen LogP) is 2.39. The molecule has 70 valence electrons. The molecule has 1 aliphatic carbocycles. The molecule has 0 N–H and O–H groups in total. The topological polar surface area (TPSA) is 40.9 Å². The van der Waals surface area contributed by atoms with Gasteiger partial charge in [0.15, 0.2) is 5.78 Å². The number of aryl methyl sites for hydroxylation is 2. The van der Waals surface area contributed by atoms with Crippen LogP contribution in [-0.2, 0) is 6.42 Å². The molecule has 2 rings (SSSR count). The van der Waals surface area contributed by atoms with Crippen LogP contribution >= 0.6 is 0 Å². The molecule has 0 atom stereocenters. The highest BCUT2D eigenvalue weighted by molar-refractivity contribution is 6.00. The lowest BCUT2D eigenvalue weighted by Crippen LogP contribution is -2.13. The van der Waals surface area contributed by atoms with Gasteiger partial charge in [0.05, 0.1) is 11.6 Å². The summed E-state index contributed by atoms with van der Waals surface area (Å²) in [5.41, 5.74) is 3.34. The van der Waals surface area contributed by atoms with Crippen molar-refractivity contribution in [3.8, 4) is 6.07 Å². The number of carbonyl (C=O) groups is 1. The van der Waals surface area contributed by atoms with Gasteiger partial charge in [-0.15, -0.1) is 0 Å². The highest BCUT2D eigenvalue weighted by Crippen LogP contribution is 2.25. The van der Waals surface area contributed by atoms with Crippen LogP contribution in [0.5, 0.6) is 0 Å². The summed E-state index contributed by atoms with van der Waals surface area (Å²) in [4.78, 5) is 11.6. The van der Waals surface area contributed by atoms with Gasteiger partial charge < -0.3 is 0 Å². The maximum atomic E-state index is 11.6. The highest BCUT2D eigenvalue weighted by Gasteiger charge is 2.20. The van der Waals surface area contributed by atoms with Gasteiger partial charge in [0, 0.05) is 12.0 Å². The standard InChI is InChI=1S/C12H11NO/c1-8-5-9-3-2-4-11(14)12(9)10(6-8)7-13/h5-6H,2-4H2,1H3. The normalized spacial score (nSPS) is 14.7. The first-order chi connectivity index (χ1) is 6.72. The van der Waals surface area contributed by atoms with Crippen molar-refractivity contribution in [3.63, 3.8) is 0 Å². The van der Waals surface area contributed by atoms with E-state index in [0.717, 1.165) is 24.0 Å². The SMILES string of the molecule is Cc1cc(C#N)c2c(c1)CCCC2=O. The average Bonchev–Trinajstić information content (AvgIpc) is 2.16. The zero-order valence-electron chi connectivity index (χ0n) is 8.13. The maximum absolute atomic E-state index is 11.6. The second-order valence-corrected chi connectivity index (χ2v) is 3.74. The van der Waals surface area contributed by atoms with E-state index in [1.165, 1.54) is 0 Å². The summed E-state index contributed by atoms with van der Waals surface area (Å²) in [6, 6.07) is 5.92. The molecule has 0 unspecified atom stereocenters. The minimum atomic E-state index is 0.128. The Kier molecular flexibility index (Phi) is 2.09. The van der Waals surface area contributed by atoms with Crippen LogP contribution in [0.3, 0.4) is 0 Å². The molecule has 1 aromatic rings. The third kappa shape index (κ3) is 1.31. The van der Waals surface area contributed by atoms with E-state index in [2.05, 4.69) is 6.07 Å².